The van der Waals surface area contributed by atoms with Gasteiger partial charge in [0.2, 0.25) is 0 Å². The van der Waals surface area contributed by atoms with Crippen LogP contribution in [0.5, 0.6) is 0 Å². The van der Waals surface area contributed by atoms with E-state index in [-0.39, 0.29) is 5.91 Å². The number of carbonyl (C=O) groups excluding carboxylic acids is 2. The van der Waals surface area contributed by atoms with Gasteiger partial charge < -0.3 is 0 Å². The highest BCUT2D eigenvalue weighted by Gasteiger charge is 2.13. The molecule has 3 aromatic rings. The molecule has 0 atom stereocenters. The molecule has 3 rings (SSSR count). The molecule has 2 N–H and O–H groups in total. The van der Waals surface area contributed by atoms with Gasteiger partial charge in [0.1, 0.15) is 0 Å². The zero-order valence-corrected chi connectivity index (χ0v) is 15.9. The molecule has 2 amide bonds. The summed E-state index contributed by atoms with van der Waals surface area (Å²) in [5, 5.41) is 4.78. The number of nitrogens with one attached hydrogen (secondary N) is 2. The van der Waals surface area contributed by atoms with Gasteiger partial charge in [0.15, 0.2) is 0 Å². The first-order chi connectivity index (χ1) is 12.0. The van der Waals surface area contributed by atoms with E-state index in [0.29, 0.717) is 22.0 Å². The Morgan fingerprint density at radius 3 is 2.64 bits per heavy atom. The monoisotopic (exact) mass is 438 g/mol. The van der Waals surface area contributed by atoms with E-state index in [9.17, 15) is 9.59 Å². The molecule has 128 valence electrons. The van der Waals surface area contributed by atoms with Gasteiger partial charge in [-0.15, -0.1) is 11.3 Å². The molecule has 0 spiro atoms. The smallest absolute Gasteiger partial charge is 0.267 e. The molecule has 0 aliphatic carbocycles. The third kappa shape index (κ3) is 4.47. The SMILES string of the molecule is O=C(NNC(=O)c1ccc(Br)s1)c1cnn(Cc2ccccc2Cl)c1. The zero-order chi connectivity index (χ0) is 17.8. The van der Waals surface area contributed by atoms with E-state index >= 15 is 0 Å². The number of aromatic nitrogens is 2. The summed E-state index contributed by atoms with van der Waals surface area (Å²) in [6.07, 6.45) is 3.02. The number of hydrogen-bond donors (Lipinski definition) is 2. The number of hydrogen-bond acceptors (Lipinski definition) is 4. The molecule has 0 bridgehead atoms. The summed E-state index contributed by atoms with van der Waals surface area (Å²) >= 11 is 10.7. The number of amides is 2. The number of thiophene rings is 1. The largest absolute Gasteiger partial charge is 0.279 e. The molecule has 0 radical (unpaired) electrons. The van der Waals surface area contributed by atoms with Crippen LogP contribution in [0.4, 0.5) is 0 Å². The van der Waals surface area contributed by atoms with Crippen LogP contribution in [0.15, 0.2) is 52.6 Å². The summed E-state index contributed by atoms with van der Waals surface area (Å²) in [6, 6.07) is 10.9. The predicted octanol–water partition coefficient (Wildman–Crippen LogP) is 3.48. The average Bonchev–Trinajstić information content (AvgIpc) is 3.24. The molecule has 1 aromatic carbocycles. The van der Waals surface area contributed by atoms with Crippen LogP contribution in [0.2, 0.25) is 5.02 Å². The second-order valence-electron chi connectivity index (χ2n) is 5.03. The van der Waals surface area contributed by atoms with E-state index in [1.807, 2.05) is 18.2 Å². The maximum absolute atomic E-state index is 12.1. The lowest BCUT2D eigenvalue weighted by Gasteiger charge is -2.05. The van der Waals surface area contributed by atoms with E-state index in [4.69, 9.17) is 11.6 Å². The van der Waals surface area contributed by atoms with Gasteiger partial charge in [-0.2, -0.15) is 5.10 Å². The summed E-state index contributed by atoms with van der Waals surface area (Å²) in [4.78, 5) is 24.5. The quantitative estimate of drug-likeness (QED) is 0.611. The van der Waals surface area contributed by atoms with Crippen LogP contribution in [0, 0.1) is 0 Å². The summed E-state index contributed by atoms with van der Waals surface area (Å²) in [5.41, 5.74) is 5.97. The summed E-state index contributed by atoms with van der Waals surface area (Å²) in [6.45, 7) is 0.447. The molecular weight excluding hydrogens is 428 g/mol. The minimum Gasteiger partial charge on any atom is -0.267 e. The van der Waals surface area contributed by atoms with Gasteiger partial charge in [0, 0.05) is 11.2 Å². The maximum Gasteiger partial charge on any atom is 0.279 e. The van der Waals surface area contributed by atoms with Crippen molar-refractivity contribution in [2.45, 2.75) is 6.54 Å². The molecular formula is C16H12BrClN4O2S. The van der Waals surface area contributed by atoms with E-state index < -0.39 is 5.91 Å². The molecule has 0 aliphatic rings. The maximum atomic E-state index is 12.1. The van der Waals surface area contributed by atoms with Crippen molar-refractivity contribution in [1.29, 1.82) is 0 Å². The van der Waals surface area contributed by atoms with Crippen LogP contribution in [-0.2, 0) is 6.54 Å². The Balaban J connectivity index is 1.59. The Labute approximate surface area is 160 Å². The van der Waals surface area contributed by atoms with Crippen molar-refractivity contribution >= 4 is 50.7 Å². The molecule has 9 heteroatoms. The summed E-state index contributed by atoms with van der Waals surface area (Å²) in [5.74, 6) is -0.832. The molecule has 2 aromatic heterocycles. The molecule has 0 aliphatic heterocycles. The lowest BCUT2D eigenvalue weighted by atomic mass is 10.2. The van der Waals surface area contributed by atoms with Gasteiger partial charge in [-0.3, -0.25) is 25.1 Å². The van der Waals surface area contributed by atoms with Crippen molar-refractivity contribution in [2.24, 2.45) is 0 Å². The lowest BCUT2D eigenvalue weighted by Crippen LogP contribution is -2.41. The minimum absolute atomic E-state index is 0.333. The van der Waals surface area contributed by atoms with Crippen molar-refractivity contribution in [2.75, 3.05) is 0 Å². The number of nitrogens with zero attached hydrogens (tertiary/aromatic N) is 2. The van der Waals surface area contributed by atoms with E-state index in [1.54, 1.807) is 29.1 Å². The van der Waals surface area contributed by atoms with Gasteiger partial charge in [-0.25, -0.2) is 0 Å². The van der Waals surface area contributed by atoms with Crippen LogP contribution in [0.1, 0.15) is 25.6 Å². The third-order valence-corrected chi connectivity index (χ3v) is 5.26. The second-order valence-corrected chi connectivity index (χ2v) is 7.90. The van der Waals surface area contributed by atoms with Gasteiger partial charge in [0.05, 0.1) is 27.0 Å². The second kappa shape index (κ2) is 7.81. The Kier molecular flexibility index (Phi) is 5.52. The van der Waals surface area contributed by atoms with E-state index in [1.165, 1.54) is 17.5 Å². The summed E-state index contributed by atoms with van der Waals surface area (Å²) in [7, 11) is 0. The first kappa shape index (κ1) is 17.7. The first-order valence-corrected chi connectivity index (χ1v) is 9.13. The van der Waals surface area contributed by atoms with Crippen LogP contribution in [0.3, 0.4) is 0 Å². The molecule has 25 heavy (non-hydrogen) atoms. The standard InChI is InChI=1S/C16H12BrClN4O2S/c17-14-6-5-13(25-14)16(24)21-20-15(23)11-7-19-22(9-11)8-10-3-1-2-4-12(10)18/h1-7,9H,8H2,(H,20,23)(H,21,24). The highest BCUT2D eigenvalue weighted by Crippen LogP contribution is 2.21. The number of rotatable bonds is 4. The van der Waals surface area contributed by atoms with Crippen LogP contribution < -0.4 is 10.9 Å². The first-order valence-electron chi connectivity index (χ1n) is 7.15. The van der Waals surface area contributed by atoms with Crippen molar-refractivity contribution in [1.82, 2.24) is 20.6 Å². The minimum atomic E-state index is -0.450. The number of benzene rings is 1. The van der Waals surface area contributed by atoms with Crippen LogP contribution in [0.25, 0.3) is 0 Å². The fourth-order valence-electron chi connectivity index (χ4n) is 2.05. The highest BCUT2D eigenvalue weighted by atomic mass is 79.9. The Bertz CT molecular complexity index is 924. The fraction of sp³-hybridized carbons (Fsp3) is 0.0625. The molecule has 0 saturated heterocycles. The molecule has 2 heterocycles. The van der Waals surface area contributed by atoms with Crippen LogP contribution in [-0.4, -0.2) is 21.6 Å². The number of halogens is 2. The summed E-state index contributed by atoms with van der Waals surface area (Å²) < 4.78 is 2.44. The molecule has 0 saturated carbocycles. The molecule has 6 nitrogen and oxygen atoms in total. The fourth-order valence-corrected chi connectivity index (χ4v) is 3.53. The normalized spacial score (nSPS) is 10.5. The van der Waals surface area contributed by atoms with E-state index in [0.717, 1.165) is 9.35 Å². The number of carbonyl (C=O) groups is 2. The molecule has 0 unspecified atom stereocenters. The zero-order valence-electron chi connectivity index (χ0n) is 12.7. The lowest BCUT2D eigenvalue weighted by molar-refractivity contribution is 0.0849. The topological polar surface area (TPSA) is 76.0 Å². The third-order valence-electron chi connectivity index (χ3n) is 3.27. The van der Waals surface area contributed by atoms with Crippen molar-refractivity contribution < 1.29 is 9.59 Å². The van der Waals surface area contributed by atoms with Crippen molar-refractivity contribution in [3.05, 3.63) is 73.6 Å². The van der Waals surface area contributed by atoms with Gasteiger partial charge in [-0.05, 0) is 39.7 Å². The van der Waals surface area contributed by atoms with Crippen LogP contribution >= 0.6 is 38.9 Å². The highest BCUT2D eigenvalue weighted by molar-refractivity contribution is 9.11. The van der Waals surface area contributed by atoms with Gasteiger partial charge >= 0.3 is 0 Å². The van der Waals surface area contributed by atoms with Crippen molar-refractivity contribution in [3.8, 4) is 0 Å². The van der Waals surface area contributed by atoms with Crippen molar-refractivity contribution in [3.63, 3.8) is 0 Å². The Morgan fingerprint density at radius 1 is 1.16 bits per heavy atom. The average molecular weight is 440 g/mol. The molecule has 0 fully saturated rings. The predicted molar refractivity (Wildman–Crippen MR) is 99.7 cm³/mol. The van der Waals surface area contributed by atoms with Gasteiger partial charge in [-0.1, -0.05) is 29.8 Å². The Hall–Kier alpha value is -2.16. The van der Waals surface area contributed by atoms with Gasteiger partial charge in [0.25, 0.3) is 11.8 Å². The van der Waals surface area contributed by atoms with E-state index in [2.05, 4.69) is 31.9 Å². The number of hydrazine groups is 1. The Morgan fingerprint density at radius 2 is 1.92 bits per heavy atom.